The van der Waals surface area contributed by atoms with Gasteiger partial charge in [0.2, 0.25) is 0 Å². The second kappa shape index (κ2) is 2.62. The third kappa shape index (κ3) is 1.06. The van der Waals surface area contributed by atoms with Gasteiger partial charge in [-0.3, -0.25) is 0 Å². The van der Waals surface area contributed by atoms with Crippen LogP contribution >= 0.6 is 22.6 Å². The average Bonchev–Trinajstić information content (AvgIpc) is 2.28. The van der Waals surface area contributed by atoms with Gasteiger partial charge in [0.05, 0.1) is 5.69 Å². The zero-order valence-electron chi connectivity index (χ0n) is 6.58. The lowest BCUT2D eigenvalue weighted by molar-refractivity contribution is 1.11. The quantitative estimate of drug-likeness (QED) is 0.744. The monoisotopic (exact) mass is 273 g/mol. The fourth-order valence-corrected chi connectivity index (χ4v) is 1.60. The molecule has 0 aliphatic heterocycles. The molecule has 0 aliphatic rings. The van der Waals surface area contributed by atoms with Gasteiger partial charge in [0.15, 0.2) is 0 Å². The number of hydrogen-bond donors (Lipinski definition) is 1. The SMILES string of the molecule is Cc1c(N)nc2cc(I)ccn12. The molecule has 0 spiro atoms. The molecule has 0 atom stereocenters. The fraction of sp³-hybridized carbons (Fsp3) is 0.125. The van der Waals surface area contributed by atoms with Gasteiger partial charge in [0, 0.05) is 9.77 Å². The number of imidazole rings is 1. The van der Waals surface area contributed by atoms with Crippen molar-refractivity contribution in [3.8, 4) is 0 Å². The molecule has 4 heteroatoms. The van der Waals surface area contributed by atoms with Crippen LogP contribution in [0.15, 0.2) is 18.3 Å². The maximum Gasteiger partial charge on any atom is 0.145 e. The van der Waals surface area contributed by atoms with E-state index in [1.807, 2.05) is 29.7 Å². The molecule has 0 aromatic carbocycles. The van der Waals surface area contributed by atoms with Gasteiger partial charge in [0.25, 0.3) is 0 Å². The predicted octanol–water partition coefficient (Wildman–Crippen LogP) is 1.83. The fourth-order valence-electron chi connectivity index (χ4n) is 1.16. The molecule has 0 fully saturated rings. The first kappa shape index (κ1) is 7.85. The first-order valence-corrected chi connectivity index (χ1v) is 4.66. The van der Waals surface area contributed by atoms with Crippen LogP contribution in [0.2, 0.25) is 0 Å². The number of nitrogens with two attached hydrogens (primary N) is 1. The van der Waals surface area contributed by atoms with Crippen LogP contribution in [0.4, 0.5) is 5.82 Å². The number of hydrogen-bond acceptors (Lipinski definition) is 2. The standard InChI is InChI=1S/C8H8IN3/c1-5-8(10)11-7-4-6(9)2-3-12(5)7/h2-4H,10H2,1H3. The van der Waals surface area contributed by atoms with Crippen molar-refractivity contribution < 1.29 is 0 Å². The Morgan fingerprint density at radius 3 is 3.08 bits per heavy atom. The number of anilines is 1. The number of aryl methyl sites for hydroxylation is 1. The van der Waals surface area contributed by atoms with E-state index in [9.17, 15) is 0 Å². The molecule has 0 amide bonds. The van der Waals surface area contributed by atoms with Crippen LogP contribution in [-0.2, 0) is 0 Å². The third-order valence-electron chi connectivity index (χ3n) is 1.86. The van der Waals surface area contributed by atoms with E-state index in [1.54, 1.807) is 0 Å². The van der Waals surface area contributed by atoms with Crippen molar-refractivity contribution in [2.75, 3.05) is 5.73 Å². The molecule has 3 nitrogen and oxygen atoms in total. The number of fused-ring (bicyclic) bond motifs is 1. The Kier molecular flexibility index (Phi) is 1.71. The first-order valence-electron chi connectivity index (χ1n) is 3.58. The highest BCUT2D eigenvalue weighted by Gasteiger charge is 2.03. The summed E-state index contributed by atoms with van der Waals surface area (Å²) < 4.78 is 3.16. The van der Waals surface area contributed by atoms with Gasteiger partial charge >= 0.3 is 0 Å². The van der Waals surface area contributed by atoms with Gasteiger partial charge < -0.3 is 10.1 Å². The second-order valence-electron chi connectivity index (χ2n) is 2.66. The van der Waals surface area contributed by atoms with Crippen LogP contribution in [0.5, 0.6) is 0 Å². The minimum atomic E-state index is 0.608. The topological polar surface area (TPSA) is 43.3 Å². The molecule has 0 radical (unpaired) electrons. The normalized spacial score (nSPS) is 10.8. The van der Waals surface area contributed by atoms with Crippen LogP contribution < -0.4 is 5.73 Å². The van der Waals surface area contributed by atoms with E-state index in [0.29, 0.717) is 5.82 Å². The molecule has 2 aromatic rings. The lowest BCUT2D eigenvalue weighted by Gasteiger charge is -1.95. The molecule has 2 heterocycles. The molecule has 0 saturated carbocycles. The summed E-state index contributed by atoms with van der Waals surface area (Å²) in [5.74, 6) is 0.608. The lowest BCUT2D eigenvalue weighted by atomic mass is 10.4. The molecule has 62 valence electrons. The molecule has 2 rings (SSSR count). The Labute approximate surface area is 83.7 Å². The number of nitrogen functional groups attached to an aromatic ring is 1. The Balaban J connectivity index is 2.87. The summed E-state index contributed by atoms with van der Waals surface area (Å²) in [6, 6.07) is 4.03. The predicted molar refractivity (Wildman–Crippen MR) is 57.1 cm³/mol. The third-order valence-corrected chi connectivity index (χ3v) is 2.53. The van der Waals surface area contributed by atoms with Crippen molar-refractivity contribution in [3.63, 3.8) is 0 Å². The zero-order valence-corrected chi connectivity index (χ0v) is 8.74. The average molecular weight is 273 g/mol. The minimum Gasteiger partial charge on any atom is -0.382 e. The van der Waals surface area contributed by atoms with E-state index in [0.717, 1.165) is 11.3 Å². The highest BCUT2D eigenvalue weighted by atomic mass is 127. The molecular weight excluding hydrogens is 265 g/mol. The molecule has 0 saturated heterocycles. The largest absolute Gasteiger partial charge is 0.382 e. The van der Waals surface area contributed by atoms with E-state index >= 15 is 0 Å². The maximum absolute atomic E-state index is 5.67. The van der Waals surface area contributed by atoms with Crippen LogP contribution in [0.3, 0.4) is 0 Å². The van der Waals surface area contributed by atoms with Crippen molar-refractivity contribution in [2.45, 2.75) is 6.92 Å². The molecule has 2 N–H and O–H groups in total. The molecule has 2 aromatic heterocycles. The van der Waals surface area contributed by atoms with Crippen LogP contribution in [0, 0.1) is 10.5 Å². The summed E-state index contributed by atoms with van der Waals surface area (Å²) in [6.45, 7) is 1.96. The molecule has 0 unspecified atom stereocenters. The van der Waals surface area contributed by atoms with Crippen LogP contribution in [0.1, 0.15) is 5.69 Å². The maximum atomic E-state index is 5.67. The number of aromatic nitrogens is 2. The number of rotatable bonds is 0. The van der Waals surface area contributed by atoms with Gasteiger partial charge in [0.1, 0.15) is 11.5 Å². The highest BCUT2D eigenvalue weighted by Crippen LogP contribution is 2.15. The zero-order chi connectivity index (χ0) is 8.72. The van der Waals surface area contributed by atoms with Gasteiger partial charge in [-0.25, -0.2) is 4.98 Å². The summed E-state index contributed by atoms with van der Waals surface area (Å²) >= 11 is 2.25. The van der Waals surface area contributed by atoms with Crippen molar-refractivity contribution in [1.82, 2.24) is 9.38 Å². The van der Waals surface area contributed by atoms with Crippen LogP contribution in [-0.4, -0.2) is 9.38 Å². The van der Waals surface area contributed by atoms with Crippen LogP contribution in [0.25, 0.3) is 5.65 Å². The summed E-state index contributed by atoms with van der Waals surface area (Å²) in [5.41, 5.74) is 7.58. The summed E-state index contributed by atoms with van der Waals surface area (Å²) in [6.07, 6.45) is 1.98. The number of nitrogens with zero attached hydrogens (tertiary/aromatic N) is 2. The lowest BCUT2D eigenvalue weighted by Crippen LogP contribution is -1.89. The second-order valence-corrected chi connectivity index (χ2v) is 3.90. The highest BCUT2D eigenvalue weighted by molar-refractivity contribution is 14.1. The molecule has 12 heavy (non-hydrogen) atoms. The molecule has 0 aliphatic carbocycles. The Morgan fingerprint density at radius 2 is 2.33 bits per heavy atom. The van der Waals surface area contributed by atoms with E-state index in [1.165, 1.54) is 3.57 Å². The summed E-state index contributed by atoms with van der Waals surface area (Å²) in [5, 5.41) is 0. The van der Waals surface area contributed by atoms with E-state index < -0.39 is 0 Å². The summed E-state index contributed by atoms with van der Waals surface area (Å²) in [4.78, 5) is 4.21. The first-order chi connectivity index (χ1) is 5.68. The van der Waals surface area contributed by atoms with Gasteiger partial charge in [-0.05, 0) is 41.6 Å². The van der Waals surface area contributed by atoms with Gasteiger partial charge in [-0.15, -0.1) is 0 Å². The number of halogens is 1. The van der Waals surface area contributed by atoms with Crippen molar-refractivity contribution in [1.29, 1.82) is 0 Å². The van der Waals surface area contributed by atoms with Crippen molar-refractivity contribution in [3.05, 3.63) is 27.6 Å². The molecular formula is C8H8IN3. The smallest absolute Gasteiger partial charge is 0.145 e. The van der Waals surface area contributed by atoms with Gasteiger partial charge in [-0.2, -0.15) is 0 Å². The van der Waals surface area contributed by atoms with E-state index in [2.05, 4.69) is 27.6 Å². The van der Waals surface area contributed by atoms with E-state index in [-0.39, 0.29) is 0 Å². The van der Waals surface area contributed by atoms with Crippen molar-refractivity contribution in [2.24, 2.45) is 0 Å². The Morgan fingerprint density at radius 1 is 1.58 bits per heavy atom. The van der Waals surface area contributed by atoms with Gasteiger partial charge in [-0.1, -0.05) is 0 Å². The minimum absolute atomic E-state index is 0.608. The summed E-state index contributed by atoms with van der Waals surface area (Å²) in [7, 11) is 0. The van der Waals surface area contributed by atoms with Crippen molar-refractivity contribution >= 4 is 34.1 Å². The Hall–Kier alpha value is -0.780. The number of pyridine rings is 1. The Bertz CT molecular complexity index is 433. The molecule has 0 bridgehead atoms. The van der Waals surface area contributed by atoms with E-state index in [4.69, 9.17) is 5.73 Å².